The van der Waals surface area contributed by atoms with Crippen LogP contribution in [-0.4, -0.2) is 43.0 Å². The number of nitrogens with zero attached hydrogens (tertiary/aromatic N) is 1. The number of halogens is 3. The summed E-state index contributed by atoms with van der Waals surface area (Å²) in [4.78, 5) is 7.91. The third-order valence-corrected chi connectivity index (χ3v) is 10.2. The Balaban J connectivity index is 0.000000512. The van der Waals surface area contributed by atoms with Crippen LogP contribution in [0.25, 0.3) is 0 Å². The van der Waals surface area contributed by atoms with Crippen molar-refractivity contribution in [2.24, 2.45) is 0 Å². The molecule has 1 atom stereocenters. The number of rotatable bonds is 3. The molecule has 0 spiro atoms. The summed E-state index contributed by atoms with van der Waals surface area (Å²) in [7, 11) is -8.04. The molecule has 6 nitrogen and oxygen atoms in total. The molecule has 1 aliphatic heterocycles. The highest BCUT2D eigenvalue weighted by molar-refractivity contribution is 7.86. The second kappa shape index (κ2) is 9.11. The standard InChI is InChI=1S/C19H32NO2Si.CHF3O3S/c1-15-17(16-12-10-9-11-13-16)14-19(5,6)21-20(15)22-23(7,8)18(2,3)4;2-1(3,4)8(5,6)7/h9-13,17H,14H2,1-8H3;(H,5,6,7)/q+1;/p-1. The van der Waals surface area contributed by atoms with Crippen molar-refractivity contribution < 1.29 is 40.4 Å². The van der Waals surface area contributed by atoms with Gasteiger partial charge in [0.25, 0.3) is 5.71 Å². The first-order valence-electron chi connectivity index (χ1n) is 9.77. The van der Waals surface area contributed by atoms with Crippen molar-refractivity contribution >= 4 is 24.1 Å². The van der Waals surface area contributed by atoms with E-state index in [-0.39, 0.29) is 10.6 Å². The maximum absolute atomic E-state index is 10.7. The van der Waals surface area contributed by atoms with Crippen molar-refractivity contribution in [3.63, 3.8) is 0 Å². The van der Waals surface area contributed by atoms with Gasteiger partial charge >= 0.3 is 13.8 Å². The van der Waals surface area contributed by atoms with Gasteiger partial charge in [0.15, 0.2) is 20.6 Å². The first-order valence-corrected chi connectivity index (χ1v) is 14.1. The highest BCUT2D eigenvalue weighted by Crippen LogP contribution is 2.39. The summed E-state index contributed by atoms with van der Waals surface area (Å²) in [6.07, 6.45) is 0.959. The third-order valence-electron chi connectivity index (χ3n) is 5.42. The van der Waals surface area contributed by atoms with Crippen LogP contribution >= 0.6 is 0 Å². The van der Waals surface area contributed by atoms with E-state index in [0.29, 0.717) is 5.92 Å². The fourth-order valence-corrected chi connectivity index (χ4v) is 3.45. The molecule has 0 bridgehead atoms. The monoisotopic (exact) mass is 483 g/mol. The van der Waals surface area contributed by atoms with E-state index >= 15 is 0 Å². The lowest BCUT2D eigenvalue weighted by Crippen LogP contribution is -2.50. The molecule has 1 heterocycles. The molecule has 0 radical (unpaired) electrons. The Morgan fingerprint density at radius 1 is 1.16 bits per heavy atom. The van der Waals surface area contributed by atoms with Crippen LogP contribution in [0.2, 0.25) is 18.1 Å². The van der Waals surface area contributed by atoms with Gasteiger partial charge < -0.3 is 9.08 Å². The van der Waals surface area contributed by atoms with Gasteiger partial charge in [0.2, 0.25) is 0 Å². The molecular formula is C20H32F3NO5SSi. The first kappa shape index (κ1) is 27.4. The third kappa shape index (κ3) is 7.50. The maximum atomic E-state index is 10.7. The zero-order valence-electron chi connectivity index (χ0n) is 19.2. The van der Waals surface area contributed by atoms with Crippen molar-refractivity contribution in [3.8, 4) is 0 Å². The lowest BCUT2D eigenvalue weighted by Gasteiger charge is -2.35. The predicted molar refractivity (Wildman–Crippen MR) is 114 cm³/mol. The van der Waals surface area contributed by atoms with E-state index in [4.69, 9.17) is 22.3 Å². The summed E-state index contributed by atoms with van der Waals surface area (Å²) in [5.74, 6) is 0.324. The number of hydrogen-bond acceptors (Lipinski definition) is 5. The van der Waals surface area contributed by atoms with Gasteiger partial charge in [-0.3, -0.25) is 0 Å². The van der Waals surface area contributed by atoms with Gasteiger partial charge in [-0.15, -0.1) is 0 Å². The van der Waals surface area contributed by atoms with Gasteiger partial charge in [0, 0.05) is 13.3 Å². The number of hydrogen-bond donors (Lipinski definition) is 0. The van der Waals surface area contributed by atoms with Gasteiger partial charge in [0.05, 0.1) is 5.92 Å². The molecule has 0 saturated heterocycles. The second-order valence-electron chi connectivity index (χ2n) is 9.67. The average Bonchev–Trinajstić information content (AvgIpc) is 2.56. The molecule has 1 aliphatic rings. The minimum Gasteiger partial charge on any atom is -0.741 e. The quantitative estimate of drug-likeness (QED) is 0.329. The molecule has 178 valence electrons. The van der Waals surface area contributed by atoms with Crippen LogP contribution in [0, 0.1) is 0 Å². The Kier molecular flexibility index (Phi) is 8.06. The van der Waals surface area contributed by atoms with Gasteiger partial charge in [-0.1, -0.05) is 51.1 Å². The van der Waals surface area contributed by atoms with Crippen LogP contribution < -0.4 is 0 Å². The fourth-order valence-electron chi connectivity index (χ4n) is 2.58. The summed E-state index contributed by atoms with van der Waals surface area (Å²) in [6.45, 7) is 17.6. The molecule has 0 aromatic heterocycles. The molecule has 2 rings (SSSR count). The van der Waals surface area contributed by atoms with Crippen molar-refractivity contribution in [2.75, 3.05) is 0 Å². The lowest BCUT2D eigenvalue weighted by molar-refractivity contribution is -0.962. The van der Waals surface area contributed by atoms with Crippen LogP contribution in [0.5, 0.6) is 0 Å². The van der Waals surface area contributed by atoms with Crippen LogP contribution in [0.3, 0.4) is 0 Å². The fraction of sp³-hybridized carbons (Fsp3) is 0.650. The molecular weight excluding hydrogens is 451 g/mol. The summed E-state index contributed by atoms with van der Waals surface area (Å²) in [5.41, 5.74) is -3.43. The highest BCUT2D eigenvalue weighted by atomic mass is 32.2. The molecule has 0 aliphatic carbocycles. The Morgan fingerprint density at radius 3 is 2.00 bits per heavy atom. The van der Waals surface area contributed by atoms with E-state index in [0.717, 1.165) is 12.1 Å². The van der Waals surface area contributed by atoms with E-state index < -0.39 is 23.9 Å². The maximum Gasteiger partial charge on any atom is 0.485 e. The lowest BCUT2D eigenvalue weighted by atomic mass is 9.84. The van der Waals surface area contributed by atoms with E-state index in [1.54, 1.807) is 4.90 Å². The normalized spacial score (nSPS) is 19.8. The molecule has 0 amide bonds. The van der Waals surface area contributed by atoms with E-state index in [9.17, 15) is 13.2 Å². The number of benzene rings is 1. The van der Waals surface area contributed by atoms with Gasteiger partial charge in [-0.25, -0.2) is 13.3 Å². The summed E-state index contributed by atoms with van der Waals surface area (Å²) in [6, 6.07) is 10.7. The Bertz CT molecular complexity index is 892. The van der Waals surface area contributed by atoms with E-state index in [2.05, 4.69) is 85.0 Å². The molecule has 11 heteroatoms. The molecule has 0 saturated carbocycles. The predicted octanol–water partition coefficient (Wildman–Crippen LogP) is 5.35. The van der Waals surface area contributed by atoms with Gasteiger partial charge in [-0.05, 0) is 37.5 Å². The van der Waals surface area contributed by atoms with Crippen molar-refractivity contribution in [2.45, 2.75) is 83.1 Å². The number of alkyl halides is 3. The average molecular weight is 484 g/mol. The van der Waals surface area contributed by atoms with Crippen molar-refractivity contribution in [3.05, 3.63) is 35.9 Å². The summed E-state index contributed by atoms with van der Waals surface area (Å²) >= 11 is 0. The summed E-state index contributed by atoms with van der Waals surface area (Å²) in [5, 5.41) is 0.139. The molecule has 1 aromatic rings. The molecule has 0 fully saturated rings. The van der Waals surface area contributed by atoms with Crippen molar-refractivity contribution in [1.29, 1.82) is 0 Å². The Labute approximate surface area is 183 Å². The van der Waals surface area contributed by atoms with Crippen LogP contribution in [0.4, 0.5) is 13.2 Å². The van der Waals surface area contributed by atoms with Gasteiger partial charge in [-0.2, -0.15) is 13.2 Å². The zero-order valence-corrected chi connectivity index (χ0v) is 21.0. The largest absolute Gasteiger partial charge is 0.741 e. The molecule has 1 unspecified atom stereocenters. The van der Waals surface area contributed by atoms with E-state index in [1.165, 1.54) is 5.56 Å². The first-order chi connectivity index (χ1) is 13.7. The molecule has 0 N–H and O–H groups in total. The summed E-state index contributed by atoms with van der Waals surface area (Å²) < 4.78 is 65.4. The highest BCUT2D eigenvalue weighted by Gasteiger charge is 2.50. The molecule has 1 aromatic carbocycles. The van der Waals surface area contributed by atoms with Crippen LogP contribution in [0.1, 0.15) is 59.4 Å². The van der Waals surface area contributed by atoms with Crippen LogP contribution in [-0.2, 0) is 19.5 Å². The minimum absolute atomic E-state index is 0.139. The molecule has 31 heavy (non-hydrogen) atoms. The van der Waals surface area contributed by atoms with Crippen LogP contribution in [0.15, 0.2) is 30.3 Å². The Morgan fingerprint density at radius 2 is 1.61 bits per heavy atom. The Hall–Kier alpha value is -1.59. The smallest absolute Gasteiger partial charge is 0.485 e. The topological polar surface area (TPSA) is 78.7 Å². The SMILES string of the molecule is CC1=[N+](O[Si](C)(C)C(C)(C)C)OC(C)(C)CC1c1ccccc1.O=S(=O)([O-])C(F)(F)F. The zero-order chi connectivity index (χ0) is 24.5. The second-order valence-corrected chi connectivity index (χ2v) is 15.7. The minimum atomic E-state index is -6.09. The van der Waals surface area contributed by atoms with E-state index in [1.807, 2.05) is 0 Å². The van der Waals surface area contributed by atoms with Crippen molar-refractivity contribution in [1.82, 2.24) is 0 Å². The van der Waals surface area contributed by atoms with Gasteiger partial charge in [0.1, 0.15) is 0 Å².